The lowest BCUT2D eigenvalue weighted by atomic mass is 10.2. The normalized spacial score (nSPS) is 10.4. The fourth-order valence-corrected chi connectivity index (χ4v) is 1.41. The summed E-state index contributed by atoms with van der Waals surface area (Å²) in [6.45, 7) is 0. The number of phenolic OH excluding ortho intramolecular Hbond substituents is 1. The number of nitrogens with zero attached hydrogens (tertiary/aromatic N) is 1. The first-order chi connectivity index (χ1) is 8.77. The zero-order chi connectivity index (χ0) is 12.8. The average molecular weight is 240 g/mol. The largest absolute Gasteiger partial charge is 0.507 e. The van der Waals surface area contributed by atoms with Crippen molar-refractivity contribution in [3.63, 3.8) is 0 Å². The van der Waals surface area contributed by atoms with Gasteiger partial charge in [-0.1, -0.05) is 30.3 Å². The molecule has 0 radical (unpaired) electrons. The van der Waals surface area contributed by atoms with E-state index >= 15 is 0 Å². The maximum absolute atomic E-state index is 11.6. The fourth-order valence-electron chi connectivity index (χ4n) is 1.41. The van der Waals surface area contributed by atoms with Crippen LogP contribution in [0.1, 0.15) is 15.9 Å². The highest BCUT2D eigenvalue weighted by molar-refractivity contribution is 5.95. The molecule has 2 N–H and O–H groups in total. The smallest absolute Gasteiger partial charge is 0.271 e. The zero-order valence-corrected chi connectivity index (χ0v) is 9.58. The Labute approximate surface area is 105 Å². The van der Waals surface area contributed by atoms with E-state index < -0.39 is 0 Å². The second-order valence-corrected chi connectivity index (χ2v) is 3.62. The summed E-state index contributed by atoms with van der Waals surface area (Å²) in [6.07, 6.45) is 1.40. The number of nitrogens with one attached hydrogen (secondary N) is 1. The van der Waals surface area contributed by atoms with Gasteiger partial charge in [0.2, 0.25) is 0 Å². The van der Waals surface area contributed by atoms with Crippen LogP contribution in [0.3, 0.4) is 0 Å². The van der Waals surface area contributed by atoms with E-state index in [1.807, 2.05) is 6.07 Å². The number of carbonyl (C=O) groups is 1. The number of amides is 1. The predicted octanol–water partition coefficient (Wildman–Crippen LogP) is 2.16. The Balaban J connectivity index is 2.00. The minimum absolute atomic E-state index is 0.121. The standard InChI is InChI=1S/C14H12N2O2/c17-13-9-5-4-8-12(13)10-15-16-14(18)11-6-2-1-3-7-11/h1-10,17H,(H,16,18)/b15-10-. The number of benzene rings is 2. The number of hydrazone groups is 1. The number of carbonyl (C=O) groups excluding carboxylic acids is 1. The molecule has 90 valence electrons. The molecular formula is C14H12N2O2. The Hall–Kier alpha value is -2.62. The summed E-state index contributed by atoms with van der Waals surface area (Å²) in [4.78, 5) is 11.6. The maximum Gasteiger partial charge on any atom is 0.271 e. The molecule has 2 aromatic rings. The quantitative estimate of drug-likeness (QED) is 0.638. The molecular weight excluding hydrogens is 228 g/mol. The first-order valence-corrected chi connectivity index (χ1v) is 5.44. The molecule has 4 nitrogen and oxygen atoms in total. The van der Waals surface area contributed by atoms with E-state index in [4.69, 9.17) is 0 Å². The van der Waals surface area contributed by atoms with Crippen LogP contribution in [0, 0.1) is 0 Å². The van der Waals surface area contributed by atoms with E-state index in [0.717, 1.165) is 0 Å². The first-order valence-electron chi connectivity index (χ1n) is 5.44. The highest BCUT2D eigenvalue weighted by Crippen LogP contribution is 2.12. The molecule has 2 rings (SSSR count). The van der Waals surface area contributed by atoms with Crippen LogP contribution in [0.2, 0.25) is 0 Å². The number of para-hydroxylation sites is 1. The molecule has 0 aliphatic heterocycles. The molecule has 0 aromatic heterocycles. The van der Waals surface area contributed by atoms with Crippen molar-refractivity contribution in [1.82, 2.24) is 5.43 Å². The number of hydrogen-bond donors (Lipinski definition) is 2. The molecule has 0 unspecified atom stereocenters. The molecule has 4 heteroatoms. The van der Waals surface area contributed by atoms with Gasteiger partial charge in [0.05, 0.1) is 6.21 Å². The van der Waals surface area contributed by atoms with E-state index in [-0.39, 0.29) is 11.7 Å². The molecule has 2 aromatic carbocycles. The minimum atomic E-state index is -0.290. The SMILES string of the molecule is O=C(N/N=C\c1ccccc1O)c1ccccc1. The topological polar surface area (TPSA) is 61.7 Å². The van der Waals surface area contributed by atoms with Gasteiger partial charge in [0.25, 0.3) is 5.91 Å². The molecule has 1 amide bonds. The second-order valence-electron chi connectivity index (χ2n) is 3.62. The highest BCUT2D eigenvalue weighted by Gasteiger charge is 2.01. The van der Waals surface area contributed by atoms with E-state index in [1.54, 1.807) is 48.5 Å². The van der Waals surface area contributed by atoms with Crippen LogP contribution >= 0.6 is 0 Å². The molecule has 0 aliphatic carbocycles. The number of aromatic hydroxyl groups is 1. The van der Waals surface area contributed by atoms with Crippen LogP contribution in [0.5, 0.6) is 5.75 Å². The molecule has 0 saturated heterocycles. The third-order valence-corrected chi connectivity index (χ3v) is 2.34. The van der Waals surface area contributed by atoms with E-state index in [1.165, 1.54) is 6.21 Å². The van der Waals surface area contributed by atoms with Crippen molar-refractivity contribution in [2.24, 2.45) is 5.10 Å². The van der Waals surface area contributed by atoms with Gasteiger partial charge in [-0.3, -0.25) is 4.79 Å². The van der Waals surface area contributed by atoms with Gasteiger partial charge in [-0.2, -0.15) is 5.10 Å². The van der Waals surface area contributed by atoms with Crippen molar-refractivity contribution in [3.05, 3.63) is 65.7 Å². The number of phenols is 1. The maximum atomic E-state index is 11.6. The van der Waals surface area contributed by atoms with Crippen LogP contribution in [-0.4, -0.2) is 17.2 Å². The summed E-state index contributed by atoms with van der Waals surface area (Å²) in [7, 11) is 0. The molecule has 0 saturated carbocycles. The van der Waals surface area contributed by atoms with Gasteiger partial charge in [-0.25, -0.2) is 5.43 Å². The molecule has 0 heterocycles. The van der Waals surface area contributed by atoms with Crippen molar-refractivity contribution in [2.45, 2.75) is 0 Å². The Morgan fingerprint density at radius 3 is 2.44 bits per heavy atom. The Bertz CT molecular complexity index is 565. The van der Waals surface area contributed by atoms with Gasteiger partial charge in [-0.05, 0) is 24.3 Å². The van der Waals surface area contributed by atoms with Crippen LogP contribution in [0.25, 0.3) is 0 Å². The minimum Gasteiger partial charge on any atom is -0.507 e. The average Bonchev–Trinajstić information content (AvgIpc) is 2.42. The zero-order valence-electron chi connectivity index (χ0n) is 9.58. The summed E-state index contributed by atoms with van der Waals surface area (Å²) >= 11 is 0. The Morgan fingerprint density at radius 2 is 1.72 bits per heavy atom. The third kappa shape index (κ3) is 2.95. The van der Waals surface area contributed by atoms with Gasteiger partial charge >= 0.3 is 0 Å². The third-order valence-electron chi connectivity index (χ3n) is 2.34. The molecule has 0 atom stereocenters. The van der Waals surface area contributed by atoms with Crippen molar-refractivity contribution in [3.8, 4) is 5.75 Å². The summed E-state index contributed by atoms with van der Waals surface area (Å²) in [5.74, 6) is -0.169. The predicted molar refractivity (Wildman–Crippen MR) is 69.6 cm³/mol. The highest BCUT2D eigenvalue weighted by atomic mass is 16.3. The van der Waals surface area contributed by atoms with Gasteiger partial charge in [0.15, 0.2) is 0 Å². The Kier molecular flexibility index (Phi) is 3.71. The number of hydrogen-bond acceptors (Lipinski definition) is 3. The lowest BCUT2D eigenvalue weighted by molar-refractivity contribution is 0.0955. The van der Waals surface area contributed by atoms with E-state index in [9.17, 15) is 9.90 Å². The van der Waals surface area contributed by atoms with Crippen LogP contribution in [0.4, 0.5) is 0 Å². The van der Waals surface area contributed by atoms with E-state index in [0.29, 0.717) is 11.1 Å². The summed E-state index contributed by atoms with van der Waals surface area (Å²) in [6, 6.07) is 15.5. The summed E-state index contributed by atoms with van der Waals surface area (Å²) in [5.41, 5.74) is 3.48. The van der Waals surface area contributed by atoms with E-state index in [2.05, 4.69) is 10.5 Å². The summed E-state index contributed by atoms with van der Waals surface area (Å²) < 4.78 is 0. The van der Waals surface area contributed by atoms with Gasteiger partial charge in [-0.15, -0.1) is 0 Å². The van der Waals surface area contributed by atoms with Crippen molar-refractivity contribution in [1.29, 1.82) is 0 Å². The van der Waals surface area contributed by atoms with Gasteiger partial charge in [0, 0.05) is 11.1 Å². The molecule has 0 spiro atoms. The molecule has 0 bridgehead atoms. The fraction of sp³-hybridized carbons (Fsp3) is 0. The number of rotatable bonds is 3. The van der Waals surface area contributed by atoms with Crippen molar-refractivity contribution < 1.29 is 9.90 Å². The first kappa shape index (κ1) is 11.9. The van der Waals surface area contributed by atoms with Crippen molar-refractivity contribution >= 4 is 12.1 Å². The van der Waals surface area contributed by atoms with Gasteiger partial charge in [0.1, 0.15) is 5.75 Å². The lowest BCUT2D eigenvalue weighted by Gasteiger charge is -1.99. The second kappa shape index (κ2) is 5.63. The van der Waals surface area contributed by atoms with Gasteiger partial charge < -0.3 is 5.11 Å². The van der Waals surface area contributed by atoms with Crippen molar-refractivity contribution in [2.75, 3.05) is 0 Å². The monoisotopic (exact) mass is 240 g/mol. The van der Waals surface area contributed by atoms with Crippen LogP contribution in [-0.2, 0) is 0 Å². The van der Waals surface area contributed by atoms with Crippen LogP contribution < -0.4 is 5.43 Å². The Morgan fingerprint density at radius 1 is 1.06 bits per heavy atom. The molecule has 18 heavy (non-hydrogen) atoms. The molecule has 0 fully saturated rings. The lowest BCUT2D eigenvalue weighted by Crippen LogP contribution is -2.17. The summed E-state index contributed by atoms with van der Waals surface area (Å²) in [5, 5.41) is 13.3. The van der Waals surface area contributed by atoms with Crippen LogP contribution in [0.15, 0.2) is 59.7 Å². The molecule has 0 aliphatic rings.